The summed E-state index contributed by atoms with van der Waals surface area (Å²) >= 11 is 6.18. The molecule has 0 atom stereocenters. The quantitative estimate of drug-likeness (QED) is 0.255. The maximum Gasteiger partial charge on any atom is 0.416 e. The van der Waals surface area contributed by atoms with Gasteiger partial charge in [0.15, 0.2) is 0 Å². The number of alkyl halides is 3. The minimum atomic E-state index is -4.57. The van der Waals surface area contributed by atoms with Crippen molar-refractivity contribution >= 4 is 52.4 Å². The molecule has 0 bridgehead atoms. The zero-order valence-electron chi connectivity index (χ0n) is 20.8. The van der Waals surface area contributed by atoms with Gasteiger partial charge in [-0.3, -0.25) is 14.4 Å². The molecule has 0 saturated carbocycles. The second-order valence-corrected chi connectivity index (χ2v) is 8.93. The van der Waals surface area contributed by atoms with Gasteiger partial charge in [-0.05, 0) is 67.1 Å². The highest BCUT2D eigenvalue weighted by atomic mass is 35.5. The van der Waals surface area contributed by atoms with Crippen LogP contribution in [0.3, 0.4) is 0 Å². The van der Waals surface area contributed by atoms with Crippen molar-refractivity contribution in [1.82, 2.24) is 0 Å². The minimum absolute atomic E-state index is 0.0548. The third-order valence-electron chi connectivity index (χ3n) is 5.67. The van der Waals surface area contributed by atoms with E-state index in [0.29, 0.717) is 6.42 Å². The lowest BCUT2D eigenvalue weighted by molar-refractivity contribution is -0.137. The van der Waals surface area contributed by atoms with Gasteiger partial charge in [0, 0.05) is 16.9 Å². The molecule has 0 spiro atoms. The van der Waals surface area contributed by atoms with E-state index in [-0.39, 0.29) is 40.5 Å². The van der Waals surface area contributed by atoms with Crippen LogP contribution in [0.2, 0.25) is 0 Å². The highest BCUT2D eigenvalue weighted by Gasteiger charge is 2.39. The summed E-state index contributed by atoms with van der Waals surface area (Å²) in [6, 6.07) is 15.6. The lowest BCUT2D eigenvalue weighted by Crippen LogP contribution is -2.32. The fourth-order valence-electron chi connectivity index (χ4n) is 3.73. The van der Waals surface area contributed by atoms with Gasteiger partial charge < -0.3 is 15.4 Å². The molecule has 1 aliphatic heterocycles. The molecule has 4 rings (SSSR count). The number of carbonyl (C=O) groups excluding carboxylic acids is 4. The molecule has 0 aliphatic carbocycles. The molecule has 1 aliphatic rings. The first kappa shape index (κ1) is 28.4. The molecule has 2 N–H and O–H groups in total. The van der Waals surface area contributed by atoms with E-state index >= 15 is 0 Å². The first-order valence-electron chi connectivity index (χ1n) is 11.9. The second-order valence-electron chi connectivity index (χ2n) is 8.56. The Morgan fingerprint density at radius 3 is 2.25 bits per heavy atom. The zero-order chi connectivity index (χ0) is 29.0. The molecule has 3 aromatic carbocycles. The van der Waals surface area contributed by atoms with Crippen molar-refractivity contribution in [3.63, 3.8) is 0 Å². The number of hydrogen-bond acceptors (Lipinski definition) is 6. The number of esters is 1. The van der Waals surface area contributed by atoms with Crippen LogP contribution in [-0.4, -0.2) is 30.3 Å². The first-order chi connectivity index (χ1) is 19.0. The summed E-state index contributed by atoms with van der Waals surface area (Å²) in [5.41, 5.74) is -0.503. The van der Waals surface area contributed by atoms with E-state index in [4.69, 9.17) is 16.3 Å². The lowest BCUT2D eigenvalue weighted by Gasteiger charge is -2.15. The monoisotopic (exact) mass is 571 g/mol. The summed E-state index contributed by atoms with van der Waals surface area (Å²) < 4.78 is 44.0. The molecule has 8 nitrogen and oxygen atoms in total. The average molecular weight is 572 g/mol. The molecule has 0 radical (unpaired) electrons. The molecule has 3 aromatic rings. The number of halogens is 4. The first-order valence-corrected chi connectivity index (χ1v) is 12.3. The molecule has 40 heavy (non-hydrogen) atoms. The van der Waals surface area contributed by atoms with Crippen LogP contribution in [0.5, 0.6) is 0 Å². The number of amides is 3. The largest absolute Gasteiger partial charge is 0.462 e. The highest BCUT2D eigenvalue weighted by molar-refractivity contribution is 6.53. The molecule has 0 unspecified atom stereocenters. The van der Waals surface area contributed by atoms with Gasteiger partial charge in [-0.25, -0.2) is 9.69 Å². The molecule has 3 amide bonds. The van der Waals surface area contributed by atoms with Crippen molar-refractivity contribution in [2.75, 3.05) is 22.1 Å². The number of carbonyl (C=O) groups is 4. The van der Waals surface area contributed by atoms with Gasteiger partial charge in [-0.1, -0.05) is 30.7 Å². The Balaban J connectivity index is 1.48. The third kappa shape index (κ3) is 6.15. The van der Waals surface area contributed by atoms with Crippen LogP contribution < -0.4 is 15.5 Å². The van der Waals surface area contributed by atoms with Crippen LogP contribution in [0.25, 0.3) is 0 Å². The van der Waals surface area contributed by atoms with E-state index in [1.54, 1.807) is 0 Å². The van der Waals surface area contributed by atoms with E-state index in [9.17, 15) is 32.3 Å². The number of benzene rings is 3. The summed E-state index contributed by atoms with van der Waals surface area (Å²) in [5, 5.41) is 4.75. The SMILES string of the molecule is CCCOC(=O)c1ccc(N2C(=O)C(Cl)=C(Nc3cccc(C(=O)Nc4cccc(C(F)(F)F)c4)c3)C2=O)cc1. The number of nitrogens with zero attached hydrogens (tertiary/aromatic N) is 1. The van der Waals surface area contributed by atoms with Crippen molar-refractivity contribution in [2.24, 2.45) is 0 Å². The molecular formula is C28H21ClF3N3O5. The summed E-state index contributed by atoms with van der Waals surface area (Å²) in [4.78, 5) is 51.4. The minimum Gasteiger partial charge on any atom is -0.462 e. The molecule has 206 valence electrons. The van der Waals surface area contributed by atoms with Crippen LogP contribution in [0, 0.1) is 0 Å². The van der Waals surface area contributed by atoms with Crippen molar-refractivity contribution in [2.45, 2.75) is 19.5 Å². The van der Waals surface area contributed by atoms with Gasteiger partial charge in [-0.2, -0.15) is 13.2 Å². The molecule has 1 heterocycles. The average Bonchev–Trinajstić information content (AvgIpc) is 3.14. The van der Waals surface area contributed by atoms with Crippen LogP contribution in [0.1, 0.15) is 39.6 Å². The van der Waals surface area contributed by atoms with Crippen LogP contribution in [0.15, 0.2) is 83.5 Å². The normalized spacial score (nSPS) is 13.5. The predicted octanol–water partition coefficient (Wildman–Crippen LogP) is 5.96. The molecule has 0 aromatic heterocycles. The Morgan fingerprint density at radius 1 is 0.900 bits per heavy atom. The Labute approximate surface area is 231 Å². The second kappa shape index (κ2) is 11.6. The number of hydrogen-bond donors (Lipinski definition) is 2. The van der Waals surface area contributed by atoms with Crippen molar-refractivity contribution in [3.8, 4) is 0 Å². The highest BCUT2D eigenvalue weighted by Crippen LogP contribution is 2.32. The summed E-state index contributed by atoms with van der Waals surface area (Å²) in [6.45, 7) is 2.11. The van der Waals surface area contributed by atoms with E-state index in [1.165, 1.54) is 60.7 Å². The van der Waals surface area contributed by atoms with Crippen molar-refractivity contribution in [1.29, 1.82) is 0 Å². The van der Waals surface area contributed by atoms with Gasteiger partial charge in [-0.15, -0.1) is 0 Å². The van der Waals surface area contributed by atoms with Crippen LogP contribution in [-0.2, 0) is 20.5 Å². The van der Waals surface area contributed by atoms with Gasteiger partial charge in [0.1, 0.15) is 10.7 Å². The number of imide groups is 1. The zero-order valence-corrected chi connectivity index (χ0v) is 21.6. The molecule has 0 saturated heterocycles. The number of rotatable bonds is 8. The predicted molar refractivity (Wildman–Crippen MR) is 142 cm³/mol. The summed E-state index contributed by atoms with van der Waals surface area (Å²) in [5.74, 6) is -2.80. The molecule has 0 fully saturated rings. The van der Waals surface area contributed by atoms with E-state index in [0.717, 1.165) is 17.0 Å². The van der Waals surface area contributed by atoms with Crippen LogP contribution >= 0.6 is 11.6 Å². The Morgan fingerprint density at radius 2 is 1.57 bits per heavy atom. The Bertz CT molecular complexity index is 1520. The summed E-state index contributed by atoms with van der Waals surface area (Å²) in [6.07, 6.45) is -3.91. The number of anilines is 3. The van der Waals surface area contributed by atoms with E-state index < -0.39 is 40.5 Å². The Kier molecular flexibility index (Phi) is 8.24. The van der Waals surface area contributed by atoms with E-state index in [1.807, 2.05) is 6.92 Å². The molecular weight excluding hydrogens is 551 g/mol. The Hall–Kier alpha value is -4.64. The smallest absolute Gasteiger partial charge is 0.416 e. The lowest BCUT2D eigenvalue weighted by atomic mass is 10.1. The van der Waals surface area contributed by atoms with Gasteiger partial charge in [0.2, 0.25) is 0 Å². The fraction of sp³-hybridized carbons (Fsp3) is 0.143. The third-order valence-corrected chi connectivity index (χ3v) is 6.02. The van der Waals surface area contributed by atoms with Crippen LogP contribution in [0.4, 0.5) is 30.2 Å². The number of nitrogens with one attached hydrogen (secondary N) is 2. The van der Waals surface area contributed by atoms with Crippen molar-refractivity contribution < 1.29 is 37.1 Å². The standard InChI is InChI=1S/C28H21ClF3N3O5/c1-2-13-40-27(39)16-9-11-21(12-10-16)35-25(37)22(29)23(26(35)38)33-19-7-3-5-17(14-19)24(36)34-20-8-4-6-18(15-20)28(30,31)32/h3-12,14-15,33H,2,13H2,1H3,(H,34,36). The maximum atomic E-state index is 13.1. The topological polar surface area (TPSA) is 105 Å². The number of ether oxygens (including phenoxy) is 1. The van der Waals surface area contributed by atoms with Crippen molar-refractivity contribution in [3.05, 3.63) is 100 Å². The summed E-state index contributed by atoms with van der Waals surface area (Å²) in [7, 11) is 0. The molecule has 12 heteroatoms. The van der Waals surface area contributed by atoms with Gasteiger partial charge in [0.25, 0.3) is 17.7 Å². The fourth-order valence-corrected chi connectivity index (χ4v) is 3.94. The van der Waals surface area contributed by atoms with Gasteiger partial charge >= 0.3 is 12.1 Å². The maximum absolute atomic E-state index is 13.1. The van der Waals surface area contributed by atoms with E-state index in [2.05, 4.69) is 10.6 Å². The van der Waals surface area contributed by atoms with Gasteiger partial charge in [0.05, 0.1) is 23.4 Å².